The molecule has 1 aromatic heterocycles. The zero-order valence-electron chi connectivity index (χ0n) is 15.2. The smallest absolute Gasteiger partial charge is 0.230 e. The second kappa shape index (κ2) is 8.38. The van der Waals surface area contributed by atoms with E-state index in [1.54, 1.807) is 0 Å². The minimum atomic E-state index is 0.0472. The highest BCUT2D eigenvalue weighted by Gasteiger charge is 2.15. The van der Waals surface area contributed by atoms with Gasteiger partial charge in [-0.2, -0.15) is 0 Å². The van der Waals surface area contributed by atoms with Crippen molar-refractivity contribution in [2.45, 2.75) is 52.4 Å². The maximum Gasteiger partial charge on any atom is 0.230 e. The minimum Gasteiger partial charge on any atom is -0.353 e. The summed E-state index contributed by atoms with van der Waals surface area (Å²) in [5, 5.41) is 3.82. The van der Waals surface area contributed by atoms with Crippen LogP contribution in [0.5, 0.6) is 0 Å². The van der Waals surface area contributed by atoms with E-state index in [0.29, 0.717) is 11.7 Å². The molecule has 0 aliphatic rings. The number of aromatic nitrogens is 2. The van der Waals surface area contributed by atoms with Gasteiger partial charge in [0, 0.05) is 12.6 Å². The second-order valence-corrected chi connectivity index (χ2v) is 7.75. The number of nitrogens with zero attached hydrogens (tertiary/aromatic N) is 2. The third kappa shape index (κ3) is 5.13. The van der Waals surface area contributed by atoms with Crippen LogP contribution in [-0.2, 0) is 11.3 Å². The molecule has 0 unspecified atom stereocenters. The first kappa shape index (κ1) is 18.6. The van der Waals surface area contributed by atoms with Gasteiger partial charge in [-0.25, -0.2) is 4.98 Å². The van der Waals surface area contributed by atoms with Crippen molar-refractivity contribution in [2.75, 3.05) is 5.75 Å². The molecule has 1 heterocycles. The predicted molar refractivity (Wildman–Crippen MR) is 101 cm³/mol. The van der Waals surface area contributed by atoms with E-state index in [1.165, 1.54) is 17.3 Å². The van der Waals surface area contributed by atoms with Gasteiger partial charge in [0.2, 0.25) is 5.91 Å². The molecule has 0 fully saturated rings. The lowest BCUT2D eigenvalue weighted by Gasteiger charge is -2.14. The topological polar surface area (TPSA) is 46.9 Å². The SMILES string of the molecule is Cc1ccc(-c2cnc(SCC(=O)NC(C)C)n2CC(C)C)cc1. The Hall–Kier alpha value is -1.75. The number of amides is 1. The van der Waals surface area contributed by atoms with E-state index in [0.717, 1.165) is 23.0 Å². The first-order valence-corrected chi connectivity index (χ1v) is 9.40. The highest BCUT2D eigenvalue weighted by Crippen LogP contribution is 2.27. The van der Waals surface area contributed by atoms with Crippen molar-refractivity contribution < 1.29 is 4.79 Å². The normalized spacial score (nSPS) is 11.3. The standard InChI is InChI=1S/C19H27N3OS/c1-13(2)11-22-17(16-8-6-15(5)7-9-16)10-20-19(22)24-12-18(23)21-14(3)4/h6-10,13-14H,11-12H2,1-5H3,(H,21,23). The third-order valence-corrected chi connectivity index (χ3v) is 4.49. The van der Waals surface area contributed by atoms with E-state index in [2.05, 4.69) is 59.9 Å². The summed E-state index contributed by atoms with van der Waals surface area (Å²) in [6.07, 6.45) is 1.91. The molecule has 0 saturated carbocycles. The van der Waals surface area contributed by atoms with Gasteiger partial charge in [0.05, 0.1) is 17.6 Å². The molecule has 1 amide bonds. The summed E-state index contributed by atoms with van der Waals surface area (Å²) in [5.74, 6) is 0.943. The van der Waals surface area contributed by atoms with Gasteiger partial charge in [-0.3, -0.25) is 4.79 Å². The molecule has 0 aliphatic carbocycles. The monoisotopic (exact) mass is 345 g/mol. The van der Waals surface area contributed by atoms with Crippen LogP contribution < -0.4 is 5.32 Å². The van der Waals surface area contributed by atoms with Crippen LogP contribution in [0.15, 0.2) is 35.6 Å². The van der Waals surface area contributed by atoms with Gasteiger partial charge in [0.25, 0.3) is 0 Å². The fourth-order valence-electron chi connectivity index (χ4n) is 2.46. The molecule has 130 valence electrons. The third-order valence-electron chi connectivity index (χ3n) is 3.50. The molecule has 0 saturated heterocycles. The Balaban J connectivity index is 2.22. The van der Waals surface area contributed by atoms with E-state index < -0.39 is 0 Å². The van der Waals surface area contributed by atoms with Crippen molar-refractivity contribution in [3.63, 3.8) is 0 Å². The maximum absolute atomic E-state index is 11.9. The van der Waals surface area contributed by atoms with Crippen LogP contribution in [0, 0.1) is 12.8 Å². The van der Waals surface area contributed by atoms with E-state index in [4.69, 9.17) is 0 Å². The number of hydrogen-bond acceptors (Lipinski definition) is 3. The van der Waals surface area contributed by atoms with Gasteiger partial charge in [-0.15, -0.1) is 0 Å². The predicted octanol–water partition coefficient (Wildman–Crippen LogP) is 4.13. The number of aryl methyl sites for hydroxylation is 1. The molecule has 2 aromatic rings. The molecule has 1 N–H and O–H groups in total. The van der Waals surface area contributed by atoms with Crippen LogP contribution in [0.2, 0.25) is 0 Å². The molecule has 0 spiro atoms. The summed E-state index contributed by atoms with van der Waals surface area (Å²) in [7, 11) is 0. The van der Waals surface area contributed by atoms with Gasteiger partial charge < -0.3 is 9.88 Å². The number of imidazole rings is 1. The van der Waals surface area contributed by atoms with Crippen molar-refractivity contribution >= 4 is 17.7 Å². The van der Waals surface area contributed by atoms with Crippen LogP contribution in [0.25, 0.3) is 11.3 Å². The van der Waals surface area contributed by atoms with Crippen LogP contribution in [0.4, 0.5) is 0 Å². The van der Waals surface area contributed by atoms with Gasteiger partial charge >= 0.3 is 0 Å². The van der Waals surface area contributed by atoms with Gasteiger partial charge in [0.1, 0.15) is 0 Å². The Bertz CT molecular complexity index is 674. The minimum absolute atomic E-state index is 0.0472. The molecule has 0 atom stereocenters. The summed E-state index contributed by atoms with van der Waals surface area (Å²) in [5.41, 5.74) is 3.51. The number of benzene rings is 1. The van der Waals surface area contributed by atoms with Crippen molar-refractivity contribution in [3.05, 3.63) is 36.0 Å². The van der Waals surface area contributed by atoms with Crippen LogP contribution in [0.1, 0.15) is 33.3 Å². The molecular formula is C19H27N3OS. The largest absolute Gasteiger partial charge is 0.353 e. The Morgan fingerprint density at radius 3 is 2.46 bits per heavy atom. The Labute approximate surface area is 149 Å². The first-order valence-electron chi connectivity index (χ1n) is 8.41. The summed E-state index contributed by atoms with van der Waals surface area (Å²) in [6.45, 7) is 11.3. The molecule has 0 bridgehead atoms. The highest BCUT2D eigenvalue weighted by atomic mass is 32.2. The molecule has 4 nitrogen and oxygen atoms in total. The second-order valence-electron chi connectivity index (χ2n) is 6.81. The van der Waals surface area contributed by atoms with Gasteiger partial charge in [-0.1, -0.05) is 55.4 Å². The average Bonchev–Trinajstić information content (AvgIpc) is 2.87. The number of thioether (sulfide) groups is 1. The van der Waals surface area contributed by atoms with Gasteiger partial charge in [-0.05, 0) is 32.3 Å². The highest BCUT2D eigenvalue weighted by molar-refractivity contribution is 7.99. The fourth-order valence-corrected chi connectivity index (χ4v) is 3.26. The Morgan fingerprint density at radius 1 is 1.21 bits per heavy atom. The quantitative estimate of drug-likeness (QED) is 0.768. The Kier molecular flexibility index (Phi) is 6.49. The lowest BCUT2D eigenvalue weighted by atomic mass is 10.1. The lowest BCUT2D eigenvalue weighted by molar-refractivity contribution is -0.119. The summed E-state index contributed by atoms with van der Waals surface area (Å²) in [4.78, 5) is 16.5. The summed E-state index contributed by atoms with van der Waals surface area (Å²) >= 11 is 1.50. The van der Waals surface area contributed by atoms with E-state index in [1.807, 2.05) is 20.0 Å². The van der Waals surface area contributed by atoms with Crippen molar-refractivity contribution in [2.24, 2.45) is 5.92 Å². The van der Waals surface area contributed by atoms with Crippen molar-refractivity contribution in [3.8, 4) is 11.3 Å². The molecule has 0 radical (unpaired) electrons. The summed E-state index contributed by atoms with van der Waals surface area (Å²) in [6, 6.07) is 8.65. The molecule has 5 heteroatoms. The van der Waals surface area contributed by atoms with Crippen LogP contribution >= 0.6 is 11.8 Å². The molecule has 0 aliphatic heterocycles. The van der Waals surface area contributed by atoms with Crippen molar-refractivity contribution in [1.29, 1.82) is 0 Å². The van der Waals surface area contributed by atoms with Crippen LogP contribution in [-0.4, -0.2) is 27.3 Å². The summed E-state index contributed by atoms with van der Waals surface area (Å²) < 4.78 is 2.22. The average molecular weight is 346 g/mol. The maximum atomic E-state index is 11.9. The van der Waals surface area contributed by atoms with E-state index in [-0.39, 0.29) is 11.9 Å². The first-order chi connectivity index (χ1) is 11.4. The number of hydrogen-bond donors (Lipinski definition) is 1. The van der Waals surface area contributed by atoms with Crippen molar-refractivity contribution in [1.82, 2.24) is 14.9 Å². The molecule has 2 rings (SSSR count). The molecule has 1 aromatic carbocycles. The number of rotatable bonds is 7. The van der Waals surface area contributed by atoms with Crippen LogP contribution in [0.3, 0.4) is 0 Å². The van der Waals surface area contributed by atoms with Gasteiger partial charge in [0.15, 0.2) is 5.16 Å². The van der Waals surface area contributed by atoms with E-state index >= 15 is 0 Å². The van der Waals surface area contributed by atoms with E-state index in [9.17, 15) is 4.79 Å². The number of carbonyl (C=O) groups is 1. The fraction of sp³-hybridized carbons (Fsp3) is 0.474. The zero-order chi connectivity index (χ0) is 17.7. The molecular weight excluding hydrogens is 318 g/mol. The lowest BCUT2D eigenvalue weighted by Crippen LogP contribution is -2.31. The Morgan fingerprint density at radius 2 is 1.88 bits per heavy atom. The number of carbonyl (C=O) groups excluding carboxylic acids is 1. The number of nitrogens with one attached hydrogen (secondary N) is 1. The zero-order valence-corrected chi connectivity index (χ0v) is 16.0. The molecule has 24 heavy (non-hydrogen) atoms.